The third-order valence-corrected chi connectivity index (χ3v) is 3.23. The predicted molar refractivity (Wildman–Crippen MR) is 113 cm³/mol. The zero-order valence-corrected chi connectivity index (χ0v) is 19.0. The van der Waals surface area contributed by atoms with Gasteiger partial charge in [-0.05, 0) is 52.1 Å². The summed E-state index contributed by atoms with van der Waals surface area (Å²) in [4.78, 5) is 2.65. The van der Waals surface area contributed by atoms with E-state index in [0.717, 1.165) is 0 Å². The molecular weight excluding hydrogens is 278 g/mol. The van der Waals surface area contributed by atoms with Gasteiger partial charge in [0.25, 0.3) is 0 Å². The quantitative estimate of drug-likeness (QED) is 0.338. The molecule has 1 heteroatoms. The number of unbranched alkanes of at least 4 members (excludes halogenated alkanes) is 2. The Morgan fingerprint density at radius 2 is 1.26 bits per heavy atom. The van der Waals surface area contributed by atoms with Crippen LogP contribution in [0.5, 0.6) is 0 Å². The molecule has 0 saturated heterocycles. The third-order valence-electron chi connectivity index (χ3n) is 3.23. The van der Waals surface area contributed by atoms with Gasteiger partial charge in [0.05, 0.1) is 0 Å². The first-order chi connectivity index (χ1) is 10.6. The first-order valence-electron chi connectivity index (χ1n) is 9.96. The molecule has 0 aromatic rings. The molecule has 1 nitrogen and oxygen atoms in total. The van der Waals surface area contributed by atoms with Gasteiger partial charge in [0.15, 0.2) is 0 Å². The Hall–Kier alpha value is -0.300. The van der Waals surface area contributed by atoms with E-state index in [9.17, 15) is 0 Å². The smallest absolute Gasteiger partial charge is 0.0158 e. The molecule has 0 aliphatic rings. The van der Waals surface area contributed by atoms with E-state index in [-0.39, 0.29) is 0 Å². The Bertz CT molecular complexity index is 211. The standard InChI is InChI=1S/C15H33N.C3H6.2C2H6/c1-8-10-11-12-16(9-2)15(6,7)13-14(3,4)5;1-3-2;2*1-2/h8-13H2,1-7H3;3H,1H2,2H3;2*1-2H3. The van der Waals surface area contributed by atoms with E-state index in [0.29, 0.717) is 11.0 Å². The molecule has 0 spiro atoms. The van der Waals surface area contributed by atoms with Gasteiger partial charge < -0.3 is 0 Å². The fourth-order valence-corrected chi connectivity index (χ4v) is 2.85. The molecule has 0 bridgehead atoms. The van der Waals surface area contributed by atoms with Crippen LogP contribution < -0.4 is 0 Å². The average molecular weight is 330 g/mol. The molecule has 0 fully saturated rings. The lowest BCUT2D eigenvalue weighted by atomic mass is 9.80. The Kier molecular flexibility index (Phi) is 26.2. The normalized spacial score (nSPS) is 10.5. The summed E-state index contributed by atoms with van der Waals surface area (Å²) < 4.78 is 0. The first kappa shape index (κ1) is 30.6. The van der Waals surface area contributed by atoms with Crippen LogP contribution in [0, 0.1) is 5.41 Å². The highest BCUT2D eigenvalue weighted by atomic mass is 15.2. The molecule has 0 aromatic heterocycles. The molecule has 0 N–H and O–H groups in total. The lowest BCUT2D eigenvalue weighted by Gasteiger charge is -2.42. The second kappa shape index (κ2) is 19.7. The van der Waals surface area contributed by atoms with Gasteiger partial charge in [-0.2, -0.15) is 0 Å². The van der Waals surface area contributed by atoms with Gasteiger partial charge in [-0.15, -0.1) is 6.58 Å². The maximum Gasteiger partial charge on any atom is 0.0158 e. The van der Waals surface area contributed by atoms with Crippen molar-refractivity contribution in [3.63, 3.8) is 0 Å². The molecule has 0 aliphatic heterocycles. The molecule has 0 unspecified atom stereocenters. The van der Waals surface area contributed by atoms with Crippen LogP contribution in [0.15, 0.2) is 12.7 Å². The van der Waals surface area contributed by atoms with Gasteiger partial charge in [0.2, 0.25) is 0 Å². The minimum Gasteiger partial charge on any atom is -0.298 e. The molecule has 0 aliphatic carbocycles. The molecular formula is C22H51N. The summed E-state index contributed by atoms with van der Waals surface area (Å²) in [5.41, 5.74) is 0.752. The highest BCUT2D eigenvalue weighted by Gasteiger charge is 2.30. The fourth-order valence-electron chi connectivity index (χ4n) is 2.85. The molecule has 0 saturated carbocycles. The van der Waals surface area contributed by atoms with Gasteiger partial charge in [0.1, 0.15) is 0 Å². The maximum atomic E-state index is 3.36. The summed E-state index contributed by atoms with van der Waals surface area (Å²) in [6.07, 6.45) is 7.04. The highest BCUT2D eigenvalue weighted by molar-refractivity contribution is 4.85. The molecule has 23 heavy (non-hydrogen) atoms. The van der Waals surface area contributed by atoms with E-state index < -0.39 is 0 Å². The average Bonchev–Trinajstić information content (AvgIpc) is 2.46. The zero-order valence-electron chi connectivity index (χ0n) is 19.0. The van der Waals surface area contributed by atoms with E-state index in [1.165, 1.54) is 38.8 Å². The third kappa shape index (κ3) is 24.1. The van der Waals surface area contributed by atoms with Crippen molar-refractivity contribution in [2.24, 2.45) is 5.41 Å². The van der Waals surface area contributed by atoms with Crippen molar-refractivity contribution in [3.05, 3.63) is 12.7 Å². The predicted octanol–water partition coefficient (Wildman–Crippen LogP) is 7.96. The van der Waals surface area contributed by atoms with Gasteiger partial charge >= 0.3 is 0 Å². The molecule has 144 valence electrons. The summed E-state index contributed by atoms with van der Waals surface area (Å²) in [5.74, 6) is 0. The second-order valence-electron chi connectivity index (χ2n) is 7.24. The maximum absolute atomic E-state index is 3.36. The molecule has 0 atom stereocenters. The minimum atomic E-state index is 0.334. The summed E-state index contributed by atoms with van der Waals surface area (Å²) in [7, 11) is 0. The van der Waals surface area contributed by atoms with Crippen molar-refractivity contribution in [2.45, 2.75) is 114 Å². The number of rotatable bonds is 7. The van der Waals surface area contributed by atoms with Crippen LogP contribution in [0.1, 0.15) is 109 Å². The van der Waals surface area contributed by atoms with Crippen molar-refractivity contribution in [2.75, 3.05) is 13.1 Å². The monoisotopic (exact) mass is 329 g/mol. The van der Waals surface area contributed by atoms with Gasteiger partial charge in [-0.1, -0.05) is 81.2 Å². The number of hydrogen-bond donors (Lipinski definition) is 0. The van der Waals surface area contributed by atoms with Crippen LogP contribution in [-0.4, -0.2) is 23.5 Å². The number of nitrogens with zero attached hydrogens (tertiary/aromatic N) is 1. The Balaban J connectivity index is -0.000000222. The van der Waals surface area contributed by atoms with E-state index >= 15 is 0 Å². The number of allylic oxidation sites excluding steroid dienone is 1. The van der Waals surface area contributed by atoms with Gasteiger partial charge in [-0.3, -0.25) is 4.90 Å². The molecule has 0 heterocycles. The lowest BCUT2D eigenvalue weighted by molar-refractivity contribution is 0.0805. The Morgan fingerprint density at radius 1 is 0.870 bits per heavy atom. The largest absolute Gasteiger partial charge is 0.298 e. The lowest BCUT2D eigenvalue weighted by Crippen LogP contribution is -2.46. The summed E-state index contributed by atoms with van der Waals surface area (Å²) >= 11 is 0. The van der Waals surface area contributed by atoms with Crippen molar-refractivity contribution in [1.82, 2.24) is 4.90 Å². The van der Waals surface area contributed by atoms with Crippen molar-refractivity contribution < 1.29 is 0 Å². The SMILES string of the molecule is C=CC.CC.CC.CCCCCN(CC)C(C)(C)CC(C)(C)C. The summed E-state index contributed by atoms with van der Waals surface area (Å²) in [6, 6.07) is 0. The van der Waals surface area contributed by atoms with Crippen LogP contribution >= 0.6 is 0 Å². The van der Waals surface area contributed by atoms with Gasteiger partial charge in [-0.25, -0.2) is 0 Å². The van der Waals surface area contributed by atoms with Crippen LogP contribution in [0.25, 0.3) is 0 Å². The van der Waals surface area contributed by atoms with Crippen LogP contribution in [-0.2, 0) is 0 Å². The van der Waals surface area contributed by atoms with Crippen molar-refractivity contribution >= 4 is 0 Å². The second-order valence-corrected chi connectivity index (χ2v) is 7.24. The number of hydrogen-bond acceptors (Lipinski definition) is 1. The molecule has 0 rings (SSSR count). The highest BCUT2D eigenvalue weighted by Crippen LogP contribution is 2.31. The Labute approximate surface area is 150 Å². The van der Waals surface area contributed by atoms with E-state index in [1.54, 1.807) is 6.08 Å². The van der Waals surface area contributed by atoms with E-state index in [1.807, 2.05) is 34.6 Å². The minimum absolute atomic E-state index is 0.334. The first-order valence-corrected chi connectivity index (χ1v) is 9.96. The van der Waals surface area contributed by atoms with E-state index in [4.69, 9.17) is 0 Å². The van der Waals surface area contributed by atoms with Crippen LogP contribution in [0.4, 0.5) is 0 Å². The Morgan fingerprint density at radius 3 is 1.52 bits per heavy atom. The topological polar surface area (TPSA) is 3.24 Å². The molecule has 0 amide bonds. The summed E-state index contributed by atoms with van der Waals surface area (Å²) in [6.45, 7) is 32.1. The molecule has 0 aromatic carbocycles. The van der Waals surface area contributed by atoms with Crippen molar-refractivity contribution in [3.8, 4) is 0 Å². The summed E-state index contributed by atoms with van der Waals surface area (Å²) in [5, 5.41) is 0. The van der Waals surface area contributed by atoms with Gasteiger partial charge in [0, 0.05) is 5.54 Å². The van der Waals surface area contributed by atoms with E-state index in [2.05, 4.69) is 59.9 Å². The fraction of sp³-hybridized carbons (Fsp3) is 0.909. The van der Waals surface area contributed by atoms with Crippen LogP contribution in [0.2, 0.25) is 0 Å². The van der Waals surface area contributed by atoms with Crippen LogP contribution in [0.3, 0.4) is 0 Å². The molecule has 0 radical (unpaired) electrons. The zero-order chi connectivity index (χ0) is 19.5. The van der Waals surface area contributed by atoms with Crippen molar-refractivity contribution in [1.29, 1.82) is 0 Å².